The van der Waals surface area contributed by atoms with E-state index >= 15 is 0 Å². The van der Waals surface area contributed by atoms with Crippen LogP contribution in [0, 0.1) is 5.82 Å². The number of hydrogen-bond acceptors (Lipinski definition) is 3. The Labute approximate surface area is 118 Å². The van der Waals surface area contributed by atoms with Crippen LogP contribution in [0.2, 0.25) is 5.02 Å². The molecule has 0 unspecified atom stereocenters. The first-order valence-electron chi connectivity index (χ1n) is 5.32. The number of nitrogens with zero attached hydrogens (tertiary/aromatic N) is 1. The van der Waals surface area contributed by atoms with Crippen molar-refractivity contribution in [3.8, 4) is 0 Å². The summed E-state index contributed by atoms with van der Waals surface area (Å²) in [5.74, 6) is -0.887. The highest BCUT2D eigenvalue weighted by Gasteiger charge is 2.06. The molecular formula is C13H9ClFNO2S. The van der Waals surface area contributed by atoms with E-state index in [2.05, 4.69) is 4.98 Å². The monoisotopic (exact) mass is 297 g/mol. The van der Waals surface area contributed by atoms with Gasteiger partial charge in [-0.3, -0.25) is 0 Å². The minimum Gasteiger partial charge on any atom is -0.478 e. The second-order valence-electron chi connectivity index (χ2n) is 3.71. The Morgan fingerprint density at radius 3 is 2.79 bits per heavy atom. The maximum absolute atomic E-state index is 13.1. The topological polar surface area (TPSA) is 50.2 Å². The summed E-state index contributed by atoms with van der Waals surface area (Å²) < 4.78 is 13.1. The highest BCUT2D eigenvalue weighted by atomic mass is 35.5. The zero-order valence-corrected chi connectivity index (χ0v) is 11.2. The number of rotatable bonds is 4. The van der Waals surface area contributed by atoms with Crippen molar-refractivity contribution < 1.29 is 14.3 Å². The zero-order valence-electron chi connectivity index (χ0n) is 9.64. The van der Waals surface area contributed by atoms with Gasteiger partial charge in [-0.25, -0.2) is 14.2 Å². The van der Waals surface area contributed by atoms with E-state index in [-0.39, 0.29) is 11.4 Å². The number of benzene rings is 1. The Bertz CT molecular complexity index is 604. The lowest BCUT2D eigenvalue weighted by atomic mass is 10.2. The van der Waals surface area contributed by atoms with Gasteiger partial charge in [-0.15, -0.1) is 11.8 Å². The molecule has 1 N–H and O–H groups in total. The minimum absolute atomic E-state index is 0.133. The fraction of sp³-hybridized carbons (Fsp3) is 0.0769. The number of aromatic carboxylic acids is 1. The molecule has 0 amide bonds. The van der Waals surface area contributed by atoms with E-state index in [4.69, 9.17) is 16.7 Å². The van der Waals surface area contributed by atoms with Gasteiger partial charge in [0, 0.05) is 17.0 Å². The van der Waals surface area contributed by atoms with Crippen LogP contribution in [-0.4, -0.2) is 16.1 Å². The van der Waals surface area contributed by atoms with E-state index < -0.39 is 5.97 Å². The smallest absolute Gasteiger partial charge is 0.337 e. The summed E-state index contributed by atoms with van der Waals surface area (Å²) in [5, 5.41) is 9.90. The van der Waals surface area contributed by atoms with Crippen molar-refractivity contribution >= 4 is 29.3 Å². The maximum atomic E-state index is 13.1. The van der Waals surface area contributed by atoms with Crippen molar-refractivity contribution in [1.82, 2.24) is 4.98 Å². The van der Waals surface area contributed by atoms with Gasteiger partial charge in [0.2, 0.25) is 0 Å². The number of pyridine rings is 1. The average Bonchev–Trinajstić information content (AvgIpc) is 2.40. The van der Waals surface area contributed by atoms with Crippen LogP contribution in [0.3, 0.4) is 0 Å². The van der Waals surface area contributed by atoms with Crippen LogP contribution in [0.1, 0.15) is 15.9 Å². The molecule has 0 aliphatic heterocycles. The normalized spacial score (nSPS) is 10.4. The standard InChI is InChI=1S/C13H9ClFNO2S/c14-11-3-2-10(15)5-9(11)7-19-12-4-1-8(6-16-12)13(17)18/h1-6H,7H2,(H,17,18). The van der Waals surface area contributed by atoms with Gasteiger partial charge in [-0.1, -0.05) is 11.6 Å². The van der Waals surface area contributed by atoms with Crippen LogP contribution in [0.5, 0.6) is 0 Å². The number of carbonyl (C=O) groups is 1. The highest BCUT2D eigenvalue weighted by molar-refractivity contribution is 7.98. The van der Waals surface area contributed by atoms with Gasteiger partial charge in [0.15, 0.2) is 0 Å². The summed E-state index contributed by atoms with van der Waals surface area (Å²) in [7, 11) is 0. The molecule has 0 bridgehead atoms. The molecule has 2 rings (SSSR count). The van der Waals surface area contributed by atoms with E-state index in [0.717, 1.165) is 0 Å². The quantitative estimate of drug-likeness (QED) is 0.871. The molecule has 0 saturated carbocycles. The van der Waals surface area contributed by atoms with E-state index in [1.54, 1.807) is 6.07 Å². The number of aromatic nitrogens is 1. The van der Waals surface area contributed by atoms with Gasteiger partial charge < -0.3 is 5.11 Å². The summed E-state index contributed by atoms with van der Waals surface area (Å²) >= 11 is 7.31. The van der Waals surface area contributed by atoms with Crippen molar-refractivity contribution in [1.29, 1.82) is 0 Å². The summed E-state index contributed by atoms with van der Waals surface area (Å²) in [6.07, 6.45) is 1.29. The minimum atomic E-state index is -1.02. The molecule has 2 aromatic rings. The summed E-state index contributed by atoms with van der Waals surface area (Å²) in [4.78, 5) is 14.7. The van der Waals surface area contributed by atoms with E-state index in [1.165, 1.54) is 42.2 Å². The predicted octanol–water partition coefficient (Wildman–Crippen LogP) is 3.86. The zero-order chi connectivity index (χ0) is 13.8. The van der Waals surface area contributed by atoms with Gasteiger partial charge in [0.05, 0.1) is 10.6 Å². The molecule has 98 valence electrons. The Morgan fingerprint density at radius 2 is 2.16 bits per heavy atom. The number of halogens is 2. The lowest BCUT2D eigenvalue weighted by Gasteiger charge is -2.04. The molecule has 0 saturated heterocycles. The molecule has 0 fully saturated rings. The first-order chi connectivity index (χ1) is 9.06. The third-order valence-corrected chi connectivity index (χ3v) is 3.73. The molecular weight excluding hydrogens is 289 g/mol. The molecule has 0 atom stereocenters. The Balaban J connectivity index is 2.06. The van der Waals surface area contributed by atoms with Crippen LogP contribution >= 0.6 is 23.4 Å². The lowest BCUT2D eigenvalue weighted by Crippen LogP contribution is -1.96. The van der Waals surface area contributed by atoms with Crippen molar-refractivity contribution in [2.45, 2.75) is 10.8 Å². The third kappa shape index (κ3) is 3.68. The van der Waals surface area contributed by atoms with Crippen LogP contribution in [0.4, 0.5) is 4.39 Å². The van der Waals surface area contributed by atoms with Crippen LogP contribution in [-0.2, 0) is 5.75 Å². The average molecular weight is 298 g/mol. The number of thioether (sulfide) groups is 1. The first kappa shape index (κ1) is 13.8. The predicted molar refractivity (Wildman–Crippen MR) is 72.2 cm³/mol. The molecule has 1 aromatic carbocycles. The summed E-state index contributed by atoms with van der Waals surface area (Å²) in [6, 6.07) is 7.28. The molecule has 0 aliphatic rings. The fourth-order valence-electron chi connectivity index (χ4n) is 1.40. The molecule has 3 nitrogen and oxygen atoms in total. The summed E-state index contributed by atoms with van der Waals surface area (Å²) in [5.41, 5.74) is 0.809. The van der Waals surface area contributed by atoms with E-state index in [1.807, 2.05) is 0 Å². The molecule has 0 spiro atoms. The van der Waals surface area contributed by atoms with Gasteiger partial charge in [0.25, 0.3) is 0 Å². The van der Waals surface area contributed by atoms with Gasteiger partial charge in [-0.05, 0) is 35.9 Å². The van der Waals surface area contributed by atoms with Crippen LogP contribution < -0.4 is 0 Å². The fourth-order valence-corrected chi connectivity index (χ4v) is 2.50. The molecule has 19 heavy (non-hydrogen) atoms. The van der Waals surface area contributed by atoms with Gasteiger partial charge in [-0.2, -0.15) is 0 Å². The van der Waals surface area contributed by atoms with Gasteiger partial charge in [0.1, 0.15) is 5.82 Å². The third-order valence-electron chi connectivity index (χ3n) is 2.37. The Kier molecular flexibility index (Phi) is 4.39. The molecule has 0 radical (unpaired) electrons. The van der Waals surface area contributed by atoms with Crippen molar-refractivity contribution in [2.75, 3.05) is 0 Å². The van der Waals surface area contributed by atoms with Crippen molar-refractivity contribution in [3.05, 3.63) is 58.5 Å². The van der Waals surface area contributed by atoms with E-state index in [9.17, 15) is 9.18 Å². The van der Waals surface area contributed by atoms with E-state index in [0.29, 0.717) is 21.4 Å². The van der Waals surface area contributed by atoms with Crippen molar-refractivity contribution in [3.63, 3.8) is 0 Å². The second-order valence-corrected chi connectivity index (χ2v) is 5.12. The lowest BCUT2D eigenvalue weighted by molar-refractivity contribution is 0.0696. The maximum Gasteiger partial charge on any atom is 0.337 e. The molecule has 1 heterocycles. The SMILES string of the molecule is O=C(O)c1ccc(SCc2cc(F)ccc2Cl)nc1. The molecule has 0 aliphatic carbocycles. The number of carboxylic acid groups (broad SMARTS) is 1. The first-order valence-corrected chi connectivity index (χ1v) is 6.68. The number of hydrogen-bond donors (Lipinski definition) is 1. The van der Waals surface area contributed by atoms with Crippen molar-refractivity contribution in [2.24, 2.45) is 0 Å². The largest absolute Gasteiger partial charge is 0.478 e. The Morgan fingerprint density at radius 1 is 1.37 bits per heavy atom. The Hall–Kier alpha value is -1.59. The van der Waals surface area contributed by atoms with Gasteiger partial charge >= 0.3 is 5.97 Å². The van der Waals surface area contributed by atoms with Crippen LogP contribution in [0.25, 0.3) is 0 Å². The molecule has 6 heteroatoms. The summed E-state index contributed by atoms with van der Waals surface area (Å²) in [6.45, 7) is 0. The molecule has 1 aromatic heterocycles. The van der Waals surface area contributed by atoms with Crippen LogP contribution in [0.15, 0.2) is 41.6 Å². The second kappa shape index (κ2) is 6.04. The highest BCUT2D eigenvalue weighted by Crippen LogP contribution is 2.26. The number of carboxylic acids is 1.